The summed E-state index contributed by atoms with van der Waals surface area (Å²) in [7, 11) is 0. The van der Waals surface area contributed by atoms with Gasteiger partial charge in [0.1, 0.15) is 0 Å². The summed E-state index contributed by atoms with van der Waals surface area (Å²) in [5.74, 6) is 0.690. The first kappa shape index (κ1) is 10.5. The van der Waals surface area contributed by atoms with Gasteiger partial charge >= 0.3 is 0 Å². The van der Waals surface area contributed by atoms with Crippen molar-refractivity contribution in [3.63, 3.8) is 0 Å². The first-order valence-electron chi connectivity index (χ1n) is 5.19. The Bertz CT molecular complexity index is 389. The van der Waals surface area contributed by atoms with E-state index in [4.69, 9.17) is 16.9 Å². The van der Waals surface area contributed by atoms with E-state index in [0.29, 0.717) is 11.5 Å². The first-order valence-corrected chi connectivity index (χ1v) is 5.56. The molecule has 1 heterocycles. The number of nitrogens with zero attached hydrogens (tertiary/aromatic N) is 1. The fourth-order valence-corrected chi connectivity index (χ4v) is 2.24. The quantitative estimate of drug-likeness (QED) is 0.831. The minimum Gasteiger partial charge on any atom is -0.316 e. The fraction of sp³-hybridized carbons (Fsp3) is 0.417. The van der Waals surface area contributed by atoms with Crippen LogP contribution in [0.3, 0.4) is 0 Å². The Labute approximate surface area is 94.9 Å². The molecule has 1 aliphatic rings. The van der Waals surface area contributed by atoms with Gasteiger partial charge in [-0.25, -0.2) is 0 Å². The van der Waals surface area contributed by atoms with E-state index in [1.54, 1.807) is 6.07 Å². The molecule has 0 radical (unpaired) electrons. The van der Waals surface area contributed by atoms with E-state index in [-0.39, 0.29) is 0 Å². The van der Waals surface area contributed by atoms with Crippen molar-refractivity contribution in [2.45, 2.75) is 12.8 Å². The third-order valence-electron chi connectivity index (χ3n) is 2.85. The molecular weight excluding hydrogens is 208 g/mol. The average molecular weight is 221 g/mol. The Balaban J connectivity index is 2.11. The second kappa shape index (κ2) is 4.65. The second-order valence-corrected chi connectivity index (χ2v) is 4.39. The lowest BCUT2D eigenvalue weighted by Crippen LogP contribution is -2.10. The van der Waals surface area contributed by atoms with Gasteiger partial charge in [-0.05, 0) is 49.5 Å². The van der Waals surface area contributed by atoms with E-state index < -0.39 is 0 Å². The van der Waals surface area contributed by atoms with Crippen LogP contribution in [0.15, 0.2) is 18.2 Å². The smallest absolute Gasteiger partial charge is 0.0992 e. The summed E-state index contributed by atoms with van der Waals surface area (Å²) in [5.41, 5.74) is 1.79. The fourth-order valence-electron chi connectivity index (χ4n) is 1.98. The Hall–Kier alpha value is -1.04. The summed E-state index contributed by atoms with van der Waals surface area (Å²) in [6, 6.07) is 7.65. The summed E-state index contributed by atoms with van der Waals surface area (Å²) < 4.78 is 0. The van der Waals surface area contributed by atoms with Crippen molar-refractivity contribution in [3.8, 4) is 6.07 Å². The summed E-state index contributed by atoms with van der Waals surface area (Å²) in [4.78, 5) is 0. The van der Waals surface area contributed by atoms with Crippen molar-refractivity contribution >= 4 is 11.6 Å². The minimum atomic E-state index is 0.633. The monoisotopic (exact) mass is 220 g/mol. The molecule has 1 fully saturated rings. The Morgan fingerprint density at radius 2 is 2.40 bits per heavy atom. The SMILES string of the molecule is N#Cc1ccc(CC2CCNC2)c(Cl)c1. The highest BCUT2D eigenvalue weighted by Gasteiger charge is 2.16. The highest BCUT2D eigenvalue weighted by molar-refractivity contribution is 6.31. The molecule has 0 aromatic heterocycles. The summed E-state index contributed by atoms with van der Waals surface area (Å²) in [5, 5.41) is 12.8. The zero-order valence-electron chi connectivity index (χ0n) is 8.46. The lowest BCUT2D eigenvalue weighted by Gasteiger charge is -2.09. The molecule has 3 heteroatoms. The summed E-state index contributed by atoms with van der Waals surface area (Å²) in [6.07, 6.45) is 2.23. The van der Waals surface area contributed by atoms with Crippen molar-refractivity contribution in [2.75, 3.05) is 13.1 Å². The minimum absolute atomic E-state index is 0.633. The van der Waals surface area contributed by atoms with Crippen LogP contribution in [-0.2, 0) is 6.42 Å². The predicted octanol–water partition coefficient (Wildman–Crippen LogP) is 2.36. The standard InChI is InChI=1S/C12H13ClN2/c13-12-6-9(7-14)1-2-11(12)5-10-3-4-15-8-10/h1-2,6,10,15H,3-5,8H2. The number of hydrogen-bond donors (Lipinski definition) is 1. The Morgan fingerprint density at radius 1 is 1.53 bits per heavy atom. The molecule has 2 nitrogen and oxygen atoms in total. The molecule has 15 heavy (non-hydrogen) atoms. The van der Waals surface area contributed by atoms with Gasteiger partial charge in [-0.1, -0.05) is 17.7 Å². The van der Waals surface area contributed by atoms with Crippen molar-refractivity contribution in [2.24, 2.45) is 5.92 Å². The number of halogens is 1. The largest absolute Gasteiger partial charge is 0.316 e. The van der Waals surface area contributed by atoms with Crippen LogP contribution in [0.4, 0.5) is 0 Å². The zero-order chi connectivity index (χ0) is 10.7. The highest BCUT2D eigenvalue weighted by Crippen LogP contribution is 2.23. The molecule has 78 valence electrons. The van der Waals surface area contributed by atoms with Gasteiger partial charge in [0.25, 0.3) is 0 Å². The van der Waals surface area contributed by atoms with Crippen LogP contribution >= 0.6 is 11.6 Å². The number of nitriles is 1. The van der Waals surface area contributed by atoms with Gasteiger partial charge in [-0.15, -0.1) is 0 Å². The van der Waals surface area contributed by atoms with Gasteiger partial charge in [0.15, 0.2) is 0 Å². The van der Waals surface area contributed by atoms with E-state index in [0.717, 1.165) is 30.1 Å². The van der Waals surface area contributed by atoms with Crippen LogP contribution in [0.25, 0.3) is 0 Å². The molecule has 1 saturated heterocycles. The third kappa shape index (κ3) is 2.50. The van der Waals surface area contributed by atoms with Gasteiger partial charge in [0.05, 0.1) is 11.6 Å². The maximum Gasteiger partial charge on any atom is 0.0992 e. The topological polar surface area (TPSA) is 35.8 Å². The lowest BCUT2D eigenvalue weighted by atomic mass is 9.98. The summed E-state index contributed by atoms with van der Waals surface area (Å²) >= 11 is 6.12. The Morgan fingerprint density at radius 3 is 3.00 bits per heavy atom. The molecule has 2 rings (SSSR count). The number of nitrogens with one attached hydrogen (secondary N) is 1. The van der Waals surface area contributed by atoms with Gasteiger partial charge < -0.3 is 5.32 Å². The molecule has 1 N–H and O–H groups in total. The van der Waals surface area contributed by atoms with Gasteiger partial charge in [0.2, 0.25) is 0 Å². The van der Waals surface area contributed by atoms with Gasteiger partial charge in [-0.3, -0.25) is 0 Å². The van der Waals surface area contributed by atoms with Crippen LogP contribution in [0, 0.1) is 17.2 Å². The molecule has 0 amide bonds. The van der Waals surface area contributed by atoms with Crippen molar-refractivity contribution in [3.05, 3.63) is 34.3 Å². The maximum atomic E-state index is 8.72. The van der Waals surface area contributed by atoms with E-state index in [1.165, 1.54) is 6.42 Å². The molecule has 0 saturated carbocycles. The second-order valence-electron chi connectivity index (χ2n) is 3.98. The van der Waals surface area contributed by atoms with Crippen LogP contribution in [-0.4, -0.2) is 13.1 Å². The zero-order valence-corrected chi connectivity index (χ0v) is 9.22. The number of hydrogen-bond acceptors (Lipinski definition) is 2. The molecule has 1 unspecified atom stereocenters. The molecule has 0 bridgehead atoms. The van der Waals surface area contributed by atoms with Crippen LogP contribution in [0.1, 0.15) is 17.5 Å². The molecule has 1 aliphatic heterocycles. The van der Waals surface area contributed by atoms with Crippen LogP contribution < -0.4 is 5.32 Å². The van der Waals surface area contributed by atoms with Gasteiger partial charge in [-0.2, -0.15) is 5.26 Å². The normalized spacial score (nSPS) is 20.1. The molecular formula is C12H13ClN2. The van der Waals surface area contributed by atoms with Crippen molar-refractivity contribution in [1.29, 1.82) is 5.26 Å². The van der Waals surface area contributed by atoms with E-state index in [9.17, 15) is 0 Å². The molecule has 1 aromatic rings. The van der Waals surface area contributed by atoms with Crippen molar-refractivity contribution < 1.29 is 0 Å². The molecule has 0 spiro atoms. The maximum absolute atomic E-state index is 8.72. The average Bonchev–Trinajstić information content (AvgIpc) is 2.74. The van der Waals surface area contributed by atoms with Crippen molar-refractivity contribution in [1.82, 2.24) is 5.32 Å². The highest BCUT2D eigenvalue weighted by atomic mass is 35.5. The molecule has 1 atom stereocenters. The Kier molecular flexibility index (Phi) is 3.25. The van der Waals surface area contributed by atoms with E-state index >= 15 is 0 Å². The van der Waals surface area contributed by atoms with Crippen LogP contribution in [0.5, 0.6) is 0 Å². The predicted molar refractivity (Wildman–Crippen MR) is 60.8 cm³/mol. The third-order valence-corrected chi connectivity index (χ3v) is 3.20. The number of benzene rings is 1. The lowest BCUT2D eigenvalue weighted by molar-refractivity contribution is 0.580. The molecule has 0 aliphatic carbocycles. The molecule has 1 aromatic carbocycles. The van der Waals surface area contributed by atoms with E-state index in [2.05, 4.69) is 11.4 Å². The number of rotatable bonds is 2. The van der Waals surface area contributed by atoms with Crippen LogP contribution in [0.2, 0.25) is 5.02 Å². The first-order chi connectivity index (χ1) is 7.29. The van der Waals surface area contributed by atoms with E-state index in [1.807, 2.05) is 12.1 Å². The summed E-state index contributed by atoms with van der Waals surface area (Å²) in [6.45, 7) is 2.19. The van der Waals surface area contributed by atoms with Gasteiger partial charge in [0, 0.05) is 5.02 Å².